The van der Waals surface area contributed by atoms with Crippen LogP contribution in [0.1, 0.15) is 30.1 Å². The second kappa shape index (κ2) is 5.47. The Bertz CT molecular complexity index is 249. The van der Waals surface area contributed by atoms with E-state index in [0.717, 1.165) is 6.42 Å². The second-order valence-corrected chi connectivity index (χ2v) is 3.04. The van der Waals surface area contributed by atoms with Crippen LogP contribution in [0.2, 0.25) is 0 Å². The molecule has 2 N–H and O–H groups in total. The SMILES string of the molecule is CNC1CCCc2[nH]ncc21.Cl.Cl. The molecule has 76 valence electrons. The standard InChI is InChI=1S/C8H13N3.2ClH/c1-9-7-3-2-4-8-6(7)5-10-11-8;;/h5,7,9H,2-4H2,1H3,(H,10,11);2*1H. The van der Waals surface area contributed by atoms with Gasteiger partial charge in [-0.2, -0.15) is 5.10 Å². The lowest BCUT2D eigenvalue weighted by Gasteiger charge is -2.20. The molecule has 1 aromatic heterocycles. The van der Waals surface area contributed by atoms with Gasteiger partial charge in [0.1, 0.15) is 0 Å². The lowest BCUT2D eigenvalue weighted by molar-refractivity contribution is 0.494. The van der Waals surface area contributed by atoms with Crippen molar-refractivity contribution in [1.29, 1.82) is 0 Å². The lowest BCUT2D eigenvalue weighted by atomic mass is 9.93. The van der Waals surface area contributed by atoms with E-state index in [0.29, 0.717) is 6.04 Å². The lowest BCUT2D eigenvalue weighted by Crippen LogP contribution is -2.20. The fraction of sp³-hybridized carbons (Fsp3) is 0.625. The third-order valence-electron chi connectivity index (χ3n) is 2.40. The molecule has 0 aromatic carbocycles. The van der Waals surface area contributed by atoms with E-state index >= 15 is 0 Å². The van der Waals surface area contributed by atoms with Gasteiger partial charge >= 0.3 is 0 Å². The van der Waals surface area contributed by atoms with Gasteiger partial charge in [-0.15, -0.1) is 24.8 Å². The highest BCUT2D eigenvalue weighted by Crippen LogP contribution is 2.27. The van der Waals surface area contributed by atoms with Gasteiger partial charge in [0, 0.05) is 17.3 Å². The summed E-state index contributed by atoms with van der Waals surface area (Å²) >= 11 is 0. The van der Waals surface area contributed by atoms with Gasteiger partial charge < -0.3 is 5.32 Å². The number of hydrogen-bond acceptors (Lipinski definition) is 2. The van der Waals surface area contributed by atoms with Crippen molar-refractivity contribution in [2.75, 3.05) is 7.05 Å². The van der Waals surface area contributed by atoms with E-state index in [1.54, 1.807) is 0 Å². The van der Waals surface area contributed by atoms with Crippen molar-refractivity contribution >= 4 is 24.8 Å². The highest BCUT2D eigenvalue weighted by molar-refractivity contribution is 5.85. The average Bonchev–Trinajstić information content (AvgIpc) is 2.50. The molecule has 0 spiro atoms. The summed E-state index contributed by atoms with van der Waals surface area (Å²) < 4.78 is 0. The molecule has 1 unspecified atom stereocenters. The van der Waals surface area contributed by atoms with Gasteiger partial charge in [-0.25, -0.2) is 0 Å². The van der Waals surface area contributed by atoms with Crippen molar-refractivity contribution < 1.29 is 0 Å². The van der Waals surface area contributed by atoms with Gasteiger partial charge in [0.25, 0.3) is 0 Å². The molecule has 1 aliphatic rings. The number of fused-ring (bicyclic) bond motifs is 1. The molecule has 2 rings (SSSR count). The molecule has 0 bridgehead atoms. The molecular formula is C8H15Cl2N3. The quantitative estimate of drug-likeness (QED) is 0.764. The maximum Gasteiger partial charge on any atom is 0.0538 e. The Morgan fingerprint density at radius 3 is 3.00 bits per heavy atom. The second-order valence-electron chi connectivity index (χ2n) is 3.04. The first-order valence-electron chi connectivity index (χ1n) is 4.11. The summed E-state index contributed by atoms with van der Waals surface area (Å²) in [5.74, 6) is 0. The van der Waals surface area contributed by atoms with E-state index in [9.17, 15) is 0 Å². The normalized spacial score (nSPS) is 19.6. The Hall–Kier alpha value is -0.250. The zero-order chi connectivity index (χ0) is 7.68. The first kappa shape index (κ1) is 12.8. The summed E-state index contributed by atoms with van der Waals surface area (Å²) in [5, 5.41) is 10.4. The molecule has 1 atom stereocenters. The van der Waals surface area contributed by atoms with E-state index < -0.39 is 0 Å². The summed E-state index contributed by atoms with van der Waals surface area (Å²) in [6, 6.07) is 0.525. The highest BCUT2D eigenvalue weighted by Gasteiger charge is 2.19. The zero-order valence-corrected chi connectivity index (χ0v) is 9.17. The Labute approximate surface area is 90.5 Å². The van der Waals surface area contributed by atoms with Crippen molar-refractivity contribution in [2.45, 2.75) is 25.3 Å². The minimum atomic E-state index is 0. The monoisotopic (exact) mass is 223 g/mol. The van der Waals surface area contributed by atoms with Gasteiger partial charge in [-0.1, -0.05) is 0 Å². The molecule has 5 heteroatoms. The number of H-pyrrole nitrogens is 1. The minimum Gasteiger partial charge on any atom is -0.313 e. The van der Waals surface area contributed by atoms with Crippen LogP contribution in [-0.4, -0.2) is 17.2 Å². The highest BCUT2D eigenvalue weighted by atomic mass is 35.5. The third kappa shape index (κ3) is 2.36. The van der Waals surface area contributed by atoms with Gasteiger partial charge in [-0.05, 0) is 26.3 Å². The maximum absolute atomic E-state index is 4.04. The number of hydrogen-bond donors (Lipinski definition) is 2. The van der Waals surface area contributed by atoms with Crippen LogP contribution in [0.5, 0.6) is 0 Å². The zero-order valence-electron chi connectivity index (χ0n) is 7.54. The first-order valence-corrected chi connectivity index (χ1v) is 4.11. The van der Waals surface area contributed by atoms with Crippen molar-refractivity contribution in [3.8, 4) is 0 Å². The molecule has 13 heavy (non-hydrogen) atoms. The number of halogens is 2. The summed E-state index contributed by atoms with van der Waals surface area (Å²) in [5.41, 5.74) is 2.68. The van der Waals surface area contributed by atoms with Crippen LogP contribution in [0.3, 0.4) is 0 Å². The molecule has 0 aliphatic heterocycles. The van der Waals surface area contributed by atoms with Gasteiger partial charge in [0.2, 0.25) is 0 Å². The average molecular weight is 224 g/mol. The number of aryl methyl sites for hydroxylation is 1. The Morgan fingerprint density at radius 1 is 1.54 bits per heavy atom. The number of aromatic nitrogens is 2. The third-order valence-corrected chi connectivity index (χ3v) is 2.40. The number of nitrogens with zero attached hydrogens (tertiary/aromatic N) is 1. The predicted octanol–water partition coefficient (Wildman–Crippen LogP) is 1.85. The first-order chi connectivity index (χ1) is 5.42. The van der Waals surface area contributed by atoms with Crippen molar-refractivity contribution in [3.05, 3.63) is 17.5 Å². The van der Waals surface area contributed by atoms with Crippen LogP contribution in [0.15, 0.2) is 6.20 Å². The fourth-order valence-electron chi connectivity index (χ4n) is 1.76. The van der Waals surface area contributed by atoms with Gasteiger partial charge in [0.05, 0.1) is 6.20 Å². The molecule has 1 heterocycles. The Morgan fingerprint density at radius 2 is 2.31 bits per heavy atom. The fourth-order valence-corrected chi connectivity index (χ4v) is 1.76. The van der Waals surface area contributed by atoms with Gasteiger partial charge in [-0.3, -0.25) is 5.10 Å². The van der Waals surface area contributed by atoms with Crippen molar-refractivity contribution in [3.63, 3.8) is 0 Å². The molecule has 1 aliphatic carbocycles. The van der Waals surface area contributed by atoms with E-state index in [1.807, 2.05) is 13.2 Å². The van der Waals surface area contributed by atoms with E-state index in [2.05, 4.69) is 15.5 Å². The number of nitrogens with one attached hydrogen (secondary N) is 2. The van der Waals surface area contributed by atoms with E-state index in [4.69, 9.17) is 0 Å². The molecule has 3 nitrogen and oxygen atoms in total. The maximum atomic E-state index is 4.04. The summed E-state index contributed by atoms with van der Waals surface area (Å²) in [4.78, 5) is 0. The number of aromatic amines is 1. The summed E-state index contributed by atoms with van der Waals surface area (Å²) in [7, 11) is 2.01. The van der Waals surface area contributed by atoms with Crippen molar-refractivity contribution in [1.82, 2.24) is 15.5 Å². The summed E-state index contributed by atoms with van der Waals surface area (Å²) in [6.45, 7) is 0. The topological polar surface area (TPSA) is 40.7 Å². The molecule has 0 fully saturated rings. The Kier molecular flexibility index (Phi) is 5.37. The van der Waals surface area contributed by atoms with Crippen molar-refractivity contribution in [2.24, 2.45) is 0 Å². The molecule has 0 amide bonds. The van der Waals surface area contributed by atoms with Crippen LogP contribution in [0, 0.1) is 0 Å². The molecule has 1 aromatic rings. The van der Waals surface area contributed by atoms with Crippen LogP contribution in [-0.2, 0) is 6.42 Å². The minimum absolute atomic E-state index is 0. The molecular weight excluding hydrogens is 209 g/mol. The number of rotatable bonds is 1. The molecule has 0 saturated heterocycles. The van der Waals surface area contributed by atoms with E-state index in [-0.39, 0.29) is 24.8 Å². The Balaban J connectivity index is 0.000000720. The smallest absolute Gasteiger partial charge is 0.0538 e. The largest absolute Gasteiger partial charge is 0.313 e. The van der Waals surface area contributed by atoms with Crippen LogP contribution in [0.4, 0.5) is 0 Å². The van der Waals surface area contributed by atoms with Crippen LogP contribution in [0.25, 0.3) is 0 Å². The molecule has 0 radical (unpaired) electrons. The summed E-state index contributed by atoms with van der Waals surface area (Å²) in [6.07, 6.45) is 5.60. The van der Waals surface area contributed by atoms with Crippen LogP contribution >= 0.6 is 24.8 Å². The predicted molar refractivity (Wildman–Crippen MR) is 57.8 cm³/mol. The van der Waals surface area contributed by atoms with Gasteiger partial charge in [0.15, 0.2) is 0 Å². The molecule has 0 saturated carbocycles. The van der Waals surface area contributed by atoms with Crippen LogP contribution < -0.4 is 5.32 Å². The van der Waals surface area contributed by atoms with E-state index in [1.165, 1.54) is 24.1 Å².